The maximum Gasteiger partial charge on any atom is 0.338 e. The lowest BCUT2D eigenvalue weighted by molar-refractivity contribution is -0.130. The molecule has 0 aliphatic carbocycles. The molecule has 0 atom stereocenters. The summed E-state index contributed by atoms with van der Waals surface area (Å²) in [6.45, 7) is 10.4. The molecular weight excluding hydrogens is 328 g/mol. The Hall–Kier alpha value is -3.40. The van der Waals surface area contributed by atoms with Gasteiger partial charge in [0.15, 0.2) is 0 Å². The van der Waals surface area contributed by atoms with Crippen LogP contribution in [-0.4, -0.2) is 11.9 Å². The number of hydrogen-bond acceptors (Lipinski definition) is 4. The first-order valence-corrected chi connectivity index (χ1v) is 8.08. The van der Waals surface area contributed by atoms with Gasteiger partial charge in [-0.3, -0.25) is 0 Å². The van der Waals surface area contributed by atoms with Crippen molar-refractivity contribution in [2.24, 2.45) is 0 Å². The zero-order chi connectivity index (χ0) is 18.8. The Bertz CT molecular complexity index is 989. The standard InChI is InChI=1S/C22H18O4/c1-13(2)21(23)25-19-9-5-7-15-16-8-6-10-20(26-22(24)14(3)4)18(16)12-11-17(15)19/h5-12H,1,3H2,2,4H3. The largest absolute Gasteiger partial charge is 0.423 e. The smallest absolute Gasteiger partial charge is 0.338 e. The number of ether oxygens (including phenoxy) is 2. The number of carbonyl (C=O) groups excluding carboxylic acids is 2. The Labute approximate surface area is 151 Å². The van der Waals surface area contributed by atoms with E-state index in [0.29, 0.717) is 22.6 Å². The van der Waals surface area contributed by atoms with Gasteiger partial charge in [-0.25, -0.2) is 9.59 Å². The second kappa shape index (κ2) is 6.84. The minimum absolute atomic E-state index is 0.330. The maximum absolute atomic E-state index is 11.9. The van der Waals surface area contributed by atoms with Crippen LogP contribution in [0.15, 0.2) is 72.8 Å². The van der Waals surface area contributed by atoms with Crippen LogP contribution in [0, 0.1) is 0 Å². The van der Waals surface area contributed by atoms with Gasteiger partial charge in [0.05, 0.1) is 0 Å². The minimum atomic E-state index is -0.471. The van der Waals surface area contributed by atoms with E-state index >= 15 is 0 Å². The summed E-state index contributed by atoms with van der Waals surface area (Å²) < 4.78 is 10.9. The lowest BCUT2D eigenvalue weighted by Crippen LogP contribution is -2.09. The number of rotatable bonds is 4. The van der Waals surface area contributed by atoms with Gasteiger partial charge in [-0.1, -0.05) is 37.4 Å². The molecule has 0 fully saturated rings. The molecule has 0 aromatic heterocycles. The predicted octanol–water partition coefficient (Wildman–Crippen LogP) is 4.96. The first-order chi connectivity index (χ1) is 12.4. The van der Waals surface area contributed by atoms with E-state index in [1.165, 1.54) is 0 Å². The van der Waals surface area contributed by atoms with Crippen molar-refractivity contribution < 1.29 is 19.1 Å². The Balaban J connectivity index is 2.15. The van der Waals surface area contributed by atoms with Gasteiger partial charge in [0, 0.05) is 21.9 Å². The molecule has 0 amide bonds. The summed E-state index contributed by atoms with van der Waals surface area (Å²) in [6.07, 6.45) is 0. The molecule has 0 N–H and O–H groups in total. The summed E-state index contributed by atoms with van der Waals surface area (Å²) in [5, 5.41) is 3.36. The van der Waals surface area contributed by atoms with E-state index in [2.05, 4.69) is 13.2 Å². The summed E-state index contributed by atoms with van der Waals surface area (Å²) in [5.41, 5.74) is 0.661. The van der Waals surface area contributed by atoms with E-state index in [-0.39, 0.29) is 0 Å². The fraction of sp³-hybridized carbons (Fsp3) is 0.0909. The molecule has 0 unspecified atom stereocenters. The number of fused-ring (bicyclic) bond motifs is 3. The van der Waals surface area contributed by atoms with Gasteiger partial charge in [0.25, 0.3) is 0 Å². The van der Waals surface area contributed by atoms with Gasteiger partial charge in [0.2, 0.25) is 0 Å². The summed E-state index contributed by atoms with van der Waals surface area (Å²) in [6, 6.07) is 14.7. The third-order valence-corrected chi connectivity index (χ3v) is 3.94. The van der Waals surface area contributed by atoms with E-state index in [9.17, 15) is 9.59 Å². The summed E-state index contributed by atoms with van der Waals surface area (Å²) in [4.78, 5) is 23.7. The highest BCUT2D eigenvalue weighted by Crippen LogP contribution is 2.35. The molecule has 130 valence electrons. The topological polar surface area (TPSA) is 52.6 Å². The van der Waals surface area contributed by atoms with E-state index in [0.717, 1.165) is 21.5 Å². The second-order valence-electron chi connectivity index (χ2n) is 6.11. The Morgan fingerprint density at radius 1 is 0.654 bits per heavy atom. The zero-order valence-corrected chi connectivity index (χ0v) is 14.7. The van der Waals surface area contributed by atoms with Crippen molar-refractivity contribution >= 4 is 33.5 Å². The molecule has 3 rings (SSSR count). The molecule has 3 aromatic carbocycles. The van der Waals surface area contributed by atoms with Gasteiger partial charge in [-0.2, -0.15) is 0 Å². The Morgan fingerprint density at radius 2 is 1.04 bits per heavy atom. The van der Waals surface area contributed by atoms with Crippen LogP contribution in [0.5, 0.6) is 11.5 Å². The Kier molecular flexibility index (Phi) is 4.59. The molecule has 0 spiro atoms. The lowest BCUT2D eigenvalue weighted by Gasteiger charge is -2.12. The summed E-state index contributed by atoms with van der Waals surface area (Å²) in [7, 11) is 0. The second-order valence-corrected chi connectivity index (χ2v) is 6.11. The molecule has 0 saturated carbocycles. The molecule has 4 heteroatoms. The first kappa shape index (κ1) is 17.4. The number of carbonyl (C=O) groups is 2. The van der Waals surface area contributed by atoms with Gasteiger partial charge in [0.1, 0.15) is 11.5 Å². The van der Waals surface area contributed by atoms with Crippen LogP contribution in [0.2, 0.25) is 0 Å². The quantitative estimate of drug-likeness (QED) is 0.290. The van der Waals surface area contributed by atoms with Crippen LogP contribution in [-0.2, 0) is 9.59 Å². The SMILES string of the molecule is C=C(C)C(=O)Oc1cccc2c1ccc1c(OC(=O)C(=C)C)cccc12. The molecule has 0 aliphatic rings. The fourth-order valence-corrected chi connectivity index (χ4v) is 2.62. The molecule has 3 aromatic rings. The normalized spacial score (nSPS) is 10.5. The minimum Gasteiger partial charge on any atom is -0.423 e. The lowest BCUT2D eigenvalue weighted by atomic mass is 10.0. The average molecular weight is 346 g/mol. The third-order valence-electron chi connectivity index (χ3n) is 3.94. The molecule has 0 saturated heterocycles. The molecule has 0 radical (unpaired) electrons. The van der Waals surface area contributed by atoms with E-state index in [1.807, 2.05) is 36.4 Å². The van der Waals surface area contributed by atoms with Crippen molar-refractivity contribution in [2.75, 3.05) is 0 Å². The van der Waals surface area contributed by atoms with E-state index < -0.39 is 11.9 Å². The molecular formula is C22H18O4. The highest BCUT2D eigenvalue weighted by molar-refractivity contribution is 6.12. The monoisotopic (exact) mass is 346 g/mol. The van der Waals surface area contributed by atoms with Crippen LogP contribution < -0.4 is 9.47 Å². The summed E-state index contributed by atoms with van der Waals surface area (Å²) >= 11 is 0. The molecule has 0 heterocycles. The van der Waals surface area contributed by atoms with Crippen molar-refractivity contribution in [3.63, 3.8) is 0 Å². The first-order valence-electron chi connectivity index (χ1n) is 8.08. The molecule has 26 heavy (non-hydrogen) atoms. The van der Waals surface area contributed by atoms with Crippen LogP contribution in [0.4, 0.5) is 0 Å². The highest BCUT2D eigenvalue weighted by atomic mass is 16.5. The van der Waals surface area contributed by atoms with Crippen molar-refractivity contribution in [2.45, 2.75) is 13.8 Å². The Morgan fingerprint density at radius 3 is 1.38 bits per heavy atom. The van der Waals surface area contributed by atoms with Gasteiger partial charge < -0.3 is 9.47 Å². The molecule has 0 aliphatic heterocycles. The van der Waals surface area contributed by atoms with Crippen molar-refractivity contribution in [3.05, 3.63) is 72.8 Å². The van der Waals surface area contributed by atoms with Crippen LogP contribution in [0.3, 0.4) is 0 Å². The maximum atomic E-state index is 11.9. The zero-order valence-electron chi connectivity index (χ0n) is 14.7. The van der Waals surface area contributed by atoms with Crippen LogP contribution >= 0.6 is 0 Å². The number of hydrogen-bond donors (Lipinski definition) is 0. The fourth-order valence-electron chi connectivity index (χ4n) is 2.62. The molecule has 4 nitrogen and oxygen atoms in total. The van der Waals surface area contributed by atoms with Gasteiger partial charge in [-0.05, 0) is 48.9 Å². The third kappa shape index (κ3) is 3.22. The number of esters is 2. The molecule has 0 bridgehead atoms. The average Bonchev–Trinajstić information content (AvgIpc) is 2.61. The predicted molar refractivity (Wildman–Crippen MR) is 102 cm³/mol. The van der Waals surface area contributed by atoms with Crippen molar-refractivity contribution in [1.82, 2.24) is 0 Å². The van der Waals surface area contributed by atoms with E-state index in [1.54, 1.807) is 26.0 Å². The van der Waals surface area contributed by atoms with Crippen LogP contribution in [0.25, 0.3) is 21.5 Å². The summed E-state index contributed by atoms with van der Waals surface area (Å²) in [5.74, 6) is -0.0214. The van der Waals surface area contributed by atoms with Gasteiger partial charge >= 0.3 is 11.9 Å². The van der Waals surface area contributed by atoms with Crippen LogP contribution in [0.1, 0.15) is 13.8 Å². The number of benzene rings is 3. The van der Waals surface area contributed by atoms with Gasteiger partial charge in [-0.15, -0.1) is 0 Å². The van der Waals surface area contributed by atoms with Crippen molar-refractivity contribution in [3.8, 4) is 11.5 Å². The van der Waals surface area contributed by atoms with Crippen molar-refractivity contribution in [1.29, 1.82) is 0 Å². The highest BCUT2D eigenvalue weighted by Gasteiger charge is 2.13. The van der Waals surface area contributed by atoms with E-state index in [4.69, 9.17) is 9.47 Å².